The molecular formula is C22H22F2N2OS. The number of hydrogen-bond donors (Lipinski definition) is 2. The number of carbonyl (C=O) groups excluding carboxylic acids is 1. The lowest BCUT2D eigenvalue weighted by Gasteiger charge is -2.20. The van der Waals surface area contributed by atoms with Crippen LogP contribution in [-0.2, 0) is 4.79 Å². The van der Waals surface area contributed by atoms with Gasteiger partial charge in [0.2, 0.25) is 5.91 Å². The van der Waals surface area contributed by atoms with Crippen LogP contribution in [0.1, 0.15) is 40.6 Å². The van der Waals surface area contributed by atoms with Gasteiger partial charge in [0.05, 0.1) is 18.6 Å². The van der Waals surface area contributed by atoms with E-state index < -0.39 is 17.7 Å². The van der Waals surface area contributed by atoms with E-state index >= 15 is 0 Å². The second kappa shape index (κ2) is 9.08. The first-order chi connectivity index (χ1) is 13.4. The second-order valence-corrected chi connectivity index (χ2v) is 7.67. The molecule has 3 rings (SSSR count). The molecule has 1 heterocycles. The van der Waals surface area contributed by atoms with Gasteiger partial charge in [0, 0.05) is 16.5 Å². The number of amides is 1. The Morgan fingerprint density at radius 3 is 2.50 bits per heavy atom. The number of carbonyl (C=O) groups is 1. The predicted octanol–water partition coefficient (Wildman–Crippen LogP) is 4.89. The smallest absolute Gasteiger partial charge is 0.234 e. The van der Waals surface area contributed by atoms with Crippen LogP contribution in [0.25, 0.3) is 0 Å². The maximum Gasteiger partial charge on any atom is 0.234 e. The molecule has 0 radical (unpaired) electrons. The summed E-state index contributed by atoms with van der Waals surface area (Å²) in [5.41, 5.74) is 2.49. The van der Waals surface area contributed by atoms with Crippen molar-refractivity contribution in [2.75, 3.05) is 6.54 Å². The van der Waals surface area contributed by atoms with E-state index in [0.717, 1.165) is 16.5 Å². The first-order valence-corrected chi connectivity index (χ1v) is 9.89. The first-order valence-electron chi connectivity index (χ1n) is 9.01. The van der Waals surface area contributed by atoms with Crippen LogP contribution in [-0.4, -0.2) is 12.5 Å². The van der Waals surface area contributed by atoms with Crippen LogP contribution >= 0.6 is 11.3 Å². The fourth-order valence-corrected chi connectivity index (χ4v) is 3.84. The summed E-state index contributed by atoms with van der Waals surface area (Å²) in [6.07, 6.45) is 0. The van der Waals surface area contributed by atoms with Gasteiger partial charge in [-0.15, -0.1) is 11.3 Å². The first kappa shape index (κ1) is 20.2. The van der Waals surface area contributed by atoms with Gasteiger partial charge in [-0.3, -0.25) is 10.1 Å². The number of aryl methyl sites for hydroxylation is 1. The van der Waals surface area contributed by atoms with E-state index in [0.29, 0.717) is 0 Å². The number of thiophene rings is 1. The van der Waals surface area contributed by atoms with Gasteiger partial charge in [-0.1, -0.05) is 42.0 Å². The lowest BCUT2D eigenvalue weighted by Crippen LogP contribution is -2.37. The van der Waals surface area contributed by atoms with Crippen LogP contribution in [0.4, 0.5) is 8.78 Å². The summed E-state index contributed by atoms with van der Waals surface area (Å²) in [7, 11) is 0. The van der Waals surface area contributed by atoms with Gasteiger partial charge in [-0.05, 0) is 36.9 Å². The van der Waals surface area contributed by atoms with E-state index in [9.17, 15) is 13.6 Å². The fourth-order valence-electron chi connectivity index (χ4n) is 3.01. The zero-order valence-corrected chi connectivity index (χ0v) is 16.5. The molecule has 0 unspecified atom stereocenters. The van der Waals surface area contributed by atoms with Gasteiger partial charge >= 0.3 is 0 Å². The summed E-state index contributed by atoms with van der Waals surface area (Å²) >= 11 is 1.62. The lowest BCUT2D eigenvalue weighted by molar-refractivity contribution is -0.121. The topological polar surface area (TPSA) is 41.1 Å². The summed E-state index contributed by atoms with van der Waals surface area (Å²) in [6, 6.07) is 14.8. The van der Waals surface area contributed by atoms with Gasteiger partial charge < -0.3 is 5.32 Å². The highest BCUT2D eigenvalue weighted by atomic mass is 32.1. The molecule has 0 aliphatic heterocycles. The molecule has 2 N–H and O–H groups in total. The van der Waals surface area contributed by atoms with Gasteiger partial charge in [0.1, 0.15) is 11.6 Å². The van der Waals surface area contributed by atoms with Crippen LogP contribution in [0.2, 0.25) is 0 Å². The van der Waals surface area contributed by atoms with Gasteiger partial charge in [-0.25, -0.2) is 8.78 Å². The third-order valence-corrected chi connectivity index (χ3v) is 5.45. The standard InChI is InChI=1S/C22H22F2N2OS/c1-14-5-7-16(8-6-14)22(20-4-3-11-28-20)25-13-21(27)26-15(2)18-10-9-17(23)12-19(18)24/h3-12,15,22,25H,13H2,1-2H3,(H,26,27)/t15-,22+/m1/s1. The second-order valence-electron chi connectivity index (χ2n) is 6.70. The zero-order valence-electron chi connectivity index (χ0n) is 15.7. The highest BCUT2D eigenvalue weighted by Crippen LogP contribution is 2.26. The number of rotatable bonds is 7. The molecular weight excluding hydrogens is 378 g/mol. The Kier molecular flexibility index (Phi) is 6.54. The van der Waals surface area contributed by atoms with Crippen LogP contribution in [0.5, 0.6) is 0 Å². The largest absolute Gasteiger partial charge is 0.348 e. The van der Waals surface area contributed by atoms with E-state index in [-0.39, 0.29) is 24.1 Å². The monoisotopic (exact) mass is 400 g/mol. The third-order valence-electron chi connectivity index (χ3n) is 4.51. The summed E-state index contributed by atoms with van der Waals surface area (Å²) in [4.78, 5) is 13.5. The van der Waals surface area contributed by atoms with Crippen molar-refractivity contribution >= 4 is 17.2 Å². The SMILES string of the molecule is Cc1ccc([C@H](NCC(=O)N[C@H](C)c2ccc(F)cc2F)c2cccs2)cc1. The van der Waals surface area contributed by atoms with E-state index in [1.807, 2.05) is 48.7 Å². The molecule has 2 atom stereocenters. The molecule has 3 aromatic rings. The maximum absolute atomic E-state index is 13.9. The minimum absolute atomic E-state index is 0.0730. The Morgan fingerprint density at radius 1 is 1.11 bits per heavy atom. The lowest BCUT2D eigenvalue weighted by atomic mass is 10.0. The van der Waals surface area contributed by atoms with Crippen molar-refractivity contribution in [3.63, 3.8) is 0 Å². The molecule has 0 aliphatic carbocycles. The van der Waals surface area contributed by atoms with Crippen LogP contribution < -0.4 is 10.6 Å². The average Bonchev–Trinajstić information content (AvgIpc) is 3.17. The molecule has 6 heteroatoms. The third kappa shape index (κ3) is 5.03. The van der Waals surface area contributed by atoms with Crippen molar-refractivity contribution in [2.24, 2.45) is 0 Å². The molecule has 0 saturated heterocycles. The van der Waals surface area contributed by atoms with Crippen molar-refractivity contribution in [3.8, 4) is 0 Å². The maximum atomic E-state index is 13.9. The van der Waals surface area contributed by atoms with Gasteiger partial charge in [-0.2, -0.15) is 0 Å². The van der Waals surface area contributed by atoms with E-state index in [1.54, 1.807) is 18.3 Å². The van der Waals surface area contributed by atoms with Crippen molar-refractivity contribution < 1.29 is 13.6 Å². The molecule has 1 amide bonds. The molecule has 28 heavy (non-hydrogen) atoms. The number of hydrogen-bond acceptors (Lipinski definition) is 3. The number of nitrogens with one attached hydrogen (secondary N) is 2. The number of benzene rings is 2. The summed E-state index contributed by atoms with van der Waals surface area (Å²) in [6.45, 7) is 3.77. The Bertz CT molecular complexity index is 926. The predicted molar refractivity (Wildman–Crippen MR) is 108 cm³/mol. The highest BCUT2D eigenvalue weighted by molar-refractivity contribution is 7.10. The van der Waals surface area contributed by atoms with E-state index in [2.05, 4.69) is 10.6 Å². The molecule has 0 aliphatic rings. The Hall–Kier alpha value is -2.57. The Morgan fingerprint density at radius 2 is 1.86 bits per heavy atom. The molecule has 1 aromatic heterocycles. The summed E-state index contributed by atoms with van der Waals surface area (Å²) < 4.78 is 27.0. The normalized spacial score (nSPS) is 13.1. The molecule has 0 spiro atoms. The van der Waals surface area contributed by atoms with Crippen LogP contribution in [0, 0.1) is 18.6 Å². The molecule has 0 bridgehead atoms. The Balaban J connectivity index is 1.66. The van der Waals surface area contributed by atoms with Crippen molar-refractivity contribution in [1.29, 1.82) is 0 Å². The van der Waals surface area contributed by atoms with Crippen molar-refractivity contribution in [1.82, 2.24) is 10.6 Å². The molecule has 0 saturated carbocycles. The highest BCUT2D eigenvalue weighted by Gasteiger charge is 2.18. The van der Waals surface area contributed by atoms with E-state index in [4.69, 9.17) is 0 Å². The quantitative estimate of drug-likeness (QED) is 0.593. The Labute approximate surface area is 167 Å². The number of halogens is 2. The fraction of sp³-hybridized carbons (Fsp3) is 0.227. The average molecular weight is 400 g/mol. The minimum atomic E-state index is -0.670. The van der Waals surface area contributed by atoms with Gasteiger partial charge in [0.25, 0.3) is 0 Å². The van der Waals surface area contributed by atoms with Crippen LogP contribution in [0.3, 0.4) is 0 Å². The molecule has 146 valence electrons. The molecule has 2 aromatic carbocycles. The van der Waals surface area contributed by atoms with Crippen molar-refractivity contribution in [3.05, 3.63) is 93.2 Å². The van der Waals surface area contributed by atoms with E-state index in [1.165, 1.54) is 17.7 Å². The van der Waals surface area contributed by atoms with Gasteiger partial charge in [0.15, 0.2) is 0 Å². The van der Waals surface area contributed by atoms with Crippen LogP contribution in [0.15, 0.2) is 60.0 Å². The summed E-state index contributed by atoms with van der Waals surface area (Å²) in [5.74, 6) is -1.57. The molecule has 3 nitrogen and oxygen atoms in total. The minimum Gasteiger partial charge on any atom is -0.348 e. The molecule has 0 fully saturated rings. The summed E-state index contributed by atoms with van der Waals surface area (Å²) in [5, 5.41) is 8.04. The zero-order chi connectivity index (χ0) is 20.1. The van der Waals surface area contributed by atoms with Crippen molar-refractivity contribution in [2.45, 2.75) is 25.9 Å².